The molecule has 18 heavy (non-hydrogen) atoms. The zero-order valence-electron chi connectivity index (χ0n) is 11.6. The van der Waals surface area contributed by atoms with Crippen molar-refractivity contribution in [3.8, 4) is 0 Å². The van der Waals surface area contributed by atoms with E-state index in [1.54, 1.807) is 12.4 Å². The minimum Gasteiger partial charge on any atom is -0.465 e. The third-order valence-electron chi connectivity index (χ3n) is 4.61. The zero-order valence-corrected chi connectivity index (χ0v) is 11.6. The van der Waals surface area contributed by atoms with E-state index < -0.39 is 0 Å². The van der Waals surface area contributed by atoms with E-state index in [1.165, 1.54) is 0 Å². The maximum absolute atomic E-state index is 12.0. The van der Waals surface area contributed by atoms with Crippen molar-refractivity contribution in [3.05, 3.63) is 30.1 Å². The Morgan fingerprint density at radius 3 is 2.50 bits per heavy atom. The Morgan fingerprint density at radius 2 is 2.00 bits per heavy atom. The van der Waals surface area contributed by atoms with Crippen LogP contribution in [0.4, 0.5) is 0 Å². The number of carbonyl (C=O) groups excluding carboxylic acids is 1. The number of aromatic nitrogens is 1. The van der Waals surface area contributed by atoms with Crippen molar-refractivity contribution in [1.29, 1.82) is 0 Å². The summed E-state index contributed by atoms with van der Waals surface area (Å²) < 4.78 is 5.37. The van der Waals surface area contributed by atoms with Crippen LogP contribution in [-0.4, -0.2) is 17.6 Å². The molecule has 3 heteroatoms. The molecule has 0 aromatic carbocycles. The van der Waals surface area contributed by atoms with E-state index in [4.69, 9.17) is 4.74 Å². The molecule has 1 heterocycles. The van der Waals surface area contributed by atoms with Crippen LogP contribution >= 0.6 is 0 Å². The van der Waals surface area contributed by atoms with Crippen LogP contribution in [0.2, 0.25) is 0 Å². The topological polar surface area (TPSA) is 39.2 Å². The molecule has 1 aromatic heterocycles. The molecule has 0 N–H and O–H groups in total. The molecule has 0 spiro atoms. The average molecular weight is 247 g/mol. The van der Waals surface area contributed by atoms with Crippen LogP contribution in [0.3, 0.4) is 0 Å². The average Bonchev–Trinajstić information content (AvgIpc) is 2.70. The van der Waals surface area contributed by atoms with Gasteiger partial charge in [0.1, 0.15) is 0 Å². The van der Waals surface area contributed by atoms with Crippen LogP contribution in [0.5, 0.6) is 0 Å². The van der Waals surface area contributed by atoms with E-state index in [1.807, 2.05) is 12.1 Å². The summed E-state index contributed by atoms with van der Waals surface area (Å²) in [5.74, 6) is -0.0345. The predicted octanol–water partition coefficient (Wildman–Crippen LogP) is 2.85. The SMILES string of the molecule is CC1(C)C(C(=O)OCCc2cccnc2)C1(C)C. The van der Waals surface area contributed by atoms with E-state index in [9.17, 15) is 4.79 Å². The lowest BCUT2D eigenvalue weighted by atomic mass is 10.0. The fraction of sp³-hybridized carbons (Fsp3) is 0.600. The van der Waals surface area contributed by atoms with Crippen molar-refractivity contribution in [3.63, 3.8) is 0 Å². The van der Waals surface area contributed by atoms with Crippen molar-refractivity contribution in [2.45, 2.75) is 34.1 Å². The first-order valence-corrected chi connectivity index (χ1v) is 6.43. The first-order valence-electron chi connectivity index (χ1n) is 6.43. The highest BCUT2D eigenvalue weighted by Gasteiger charge is 2.69. The molecule has 1 aliphatic carbocycles. The highest BCUT2D eigenvalue weighted by atomic mass is 16.5. The van der Waals surface area contributed by atoms with Crippen LogP contribution in [0, 0.1) is 16.7 Å². The van der Waals surface area contributed by atoms with Crippen molar-refractivity contribution in [2.75, 3.05) is 6.61 Å². The third-order valence-corrected chi connectivity index (χ3v) is 4.61. The Morgan fingerprint density at radius 1 is 1.33 bits per heavy atom. The summed E-state index contributed by atoms with van der Waals surface area (Å²) in [5, 5.41) is 0. The number of carbonyl (C=O) groups is 1. The molecule has 1 saturated carbocycles. The number of ether oxygens (including phenoxy) is 1. The fourth-order valence-corrected chi connectivity index (χ4v) is 2.68. The van der Waals surface area contributed by atoms with Crippen LogP contribution < -0.4 is 0 Å². The second-order valence-corrected chi connectivity index (χ2v) is 6.16. The summed E-state index contributed by atoms with van der Waals surface area (Å²) in [6.07, 6.45) is 4.27. The van der Waals surface area contributed by atoms with Gasteiger partial charge in [-0.15, -0.1) is 0 Å². The molecule has 0 aliphatic heterocycles. The minimum atomic E-state index is -0.0612. The number of hydrogen-bond acceptors (Lipinski definition) is 3. The van der Waals surface area contributed by atoms with Crippen LogP contribution in [-0.2, 0) is 16.0 Å². The summed E-state index contributed by atoms with van der Waals surface area (Å²) in [6, 6.07) is 3.89. The molecule has 1 aromatic rings. The number of hydrogen-bond donors (Lipinski definition) is 0. The lowest BCUT2D eigenvalue weighted by molar-refractivity contribution is -0.146. The summed E-state index contributed by atoms with van der Waals surface area (Å²) >= 11 is 0. The molecule has 3 nitrogen and oxygen atoms in total. The summed E-state index contributed by atoms with van der Waals surface area (Å²) in [7, 11) is 0. The van der Waals surface area contributed by atoms with Crippen LogP contribution in [0.15, 0.2) is 24.5 Å². The van der Waals surface area contributed by atoms with E-state index in [-0.39, 0.29) is 22.7 Å². The van der Waals surface area contributed by atoms with Gasteiger partial charge >= 0.3 is 5.97 Å². The second kappa shape index (κ2) is 4.38. The van der Waals surface area contributed by atoms with Gasteiger partial charge in [-0.05, 0) is 22.5 Å². The molecule has 0 bridgehead atoms. The standard InChI is InChI=1S/C15H21NO2/c1-14(2)12(15(14,3)4)13(17)18-9-7-11-6-5-8-16-10-11/h5-6,8,10,12H,7,9H2,1-4H3. The van der Waals surface area contributed by atoms with Crippen molar-refractivity contribution < 1.29 is 9.53 Å². The third kappa shape index (κ3) is 2.14. The van der Waals surface area contributed by atoms with E-state index in [0.29, 0.717) is 6.61 Å². The van der Waals surface area contributed by atoms with Gasteiger partial charge in [-0.2, -0.15) is 0 Å². The maximum atomic E-state index is 12.0. The molecule has 98 valence electrons. The molecule has 1 aliphatic rings. The molecule has 0 amide bonds. The quantitative estimate of drug-likeness (QED) is 0.768. The van der Waals surface area contributed by atoms with Gasteiger partial charge in [0.25, 0.3) is 0 Å². The Bertz CT molecular complexity index is 423. The van der Waals surface area contributed by atoms with Gasteiger partial charge in [0.05, 0.1) is 12.5 Å². The van der Waals surface area contributed by atoms with Gasteiger partial charge in [0, 0.05) is 18.8 Å². The monoisotopic (exact) mass is 247 g/mol. The molecular formula is C15H21NO2. The van der Waals surface area contributed by atoms with Crippen molar-refractivity contribution in [2.24, 2.45) is 16.7 Å². The Hall–Kier alpha value is -1.38. The van der Waals surface area contributed by atoms with E-state index in [2.05, 4.69) is 32.7 Å². The number of nitrogens with zero attached hydrogens (tertiary/aromatic N) is 1. The normalized spacial score (nSPS) is 20.4. The maximum Gasteiger partial charge on any atom is 0.310 e. The van der Waals surface area contributed by atoms with Gasteiger partial charge in [0.15, 0.2) is 0 Å². The van der Waals surface area contributed by atoms with Gasteiger partial charge in [-0.3, -0.25) is 9.78 Å². The molecule has 2 rings (SSSR count). The summed E-state index contributed by atoms with van der Waals surface area (Å²) in [5.41, 5.74) is 1.20. The lowest BCUT2D eigenvalue weighted by Gasteiger charge is -2.05. The largest absolute Gasteiger partial charge is 0.465 e. The first kappa shape index (κ1) is 13.1. The van der Waals surface area contributed by atoms with E-state index in [0.717, 1.165) is 12.0 Å². The Labute approximate surface area is 109 Å². The van der Waals surface area contributed by atoms with Crippen LogP contribution in [0.1, 0.15) is 33.3 Å². The van der Waals surface area contributed by atoms with Crippen molar-refractivity contribution >= 4 is 5.97 Å². The summed E-state index contributed by atoms with van der Waals surface area (Å²) in [6.45, 7) is 8.94. The fourth-order valence-electron chi connectivity index (χ4n) is 2.68. The highest BCUT2D eigenvalue weighted by Crippen LogP contribution is 2.68. The van der Waals surface area contributed by atoms with Gasteiger partial charge in [-0.1, -0.05) is 33.8 Å². The number of esters is 1. The van der Waals surface area contributed by atoms with Gasteiger partial charge < -0.3 is 4.74 Å². The molecule has 0 atom stereocenters. The second-order valence-electron chi connectivity index (χ2n) is 6.16. The molecular weight excluding hydrogens is 226 g/mol. The Kier molecular flexibility index (Phi) is 3.18. The molecule has 0 unspecified atom stereocenters. The van der Waals surface area contributed by atoms with Gasteiger partial charge in [0.2, 0.25) is 0 Å². The number of rotatable bonds is 4. The molecule has 0 radical (unpaired) electrons. The molecule has 0 saturated heterocycles. The summed E-state index contributed by atoms with van der Waals surface area (Å²) in [4.78, 5) is 16.0. The smallest absolute Gasteiger partial charge is 0.310 e. The van der Waals surface area contributed by atoms with E-state index >= 15 is 0 Å². The Balaban J connectivity index is 1.81. The van der Waals surface area contributed by atoms with Crippen molar-refractivity contribution in [1.82, 2.24) is 4.98 Å². The highest BCUT2D eigenvalue weighted by molar-refractivity contribution is 5.78. The lowest BCUT2D eigenvalue weighted by Crippen LogP contribution is -2.13. The predicted molar refractivity (Wildman–Crippen MR) is 70.0 cm³/mol. The minimum absolute atomic E-state index is 0.0268. The zero-order chi connectivity index (χ0) is 13.4. The first-order chi connectivity index (χ1) is 8.37. The number of pyridine rings is 1. The van der Waals surface area contributed by atoms with Gasteiger partial charge in [-0.25, -0.2) is 0 Å². The molecule has 1 fully saturated rings. The van der Waals surface area contributed by atoms with Crippen LogP contribution in [0.25, 0.3) is 0 Å².